The summed E-state index contributed by atoms with van der Waals surface area (Å²) >= 11 is 1.76. The fourth-order valence-corrected chi connectivity index (χ4v) is 3.73. The van der Waals surface area contributed by atoms with Crippen LogP contribution in [0, 0.1) is 0 Å². The van der Waals surface area contributed by atoms with Gasteiger partial charge in [0.25, 0.3) is 0 Å². The summed E-state index contributed by atoms with van der Waals surface area (Å²) in [5.41, 5.74) is 0. The molecule has 0 saturated carbocycles. The number of nitrogens with zero attached hydrogens (tertiary/aromatic N) is 4. The first kappa shape index (κ1) is 14.7. The summed E-state index contributed by atoms with van der Waals surface area (Å²) < 4.78 is 7.36. The zero-order valence-electron chi connectivity index (χ0n) is 12.4. The largest absolute Gasteiger partial charge is 0.383 e. The maximum Gasteiger partial charge on any atom is 0.122 e. The molecule has 1 atom stereocenters. The highest BCUT2D eigenvalue weighted by Crippen LogP contribution is 2.32. The Morgan fingerprint density at radius 3 is 3.10 bits per heavy atom. The Morgan fingerprint density at radius 1 is 1.33 bits per heavy atom. The quantitative estimate of drug-likeness (QED) is 0.823. The summed E-state index contributed by atoms with van der Waals surface area (Å²) in [7, 11) is 1.74. The third-order valence-corrected chi connectivity index (χ3v) is 4.91. The van der Waals surface area contributed by atoms with Crippen LogP contribution in [-0.2, 0) is 17.8 Å². The van der Waals surface area contributed by atoms with Gasteiger partial charge in [0, 0.05) is 37.6 Å². The van der Waals surface area contributed by atoms with E-state index in [1.165, 1.54) is 24.3 Å². The SMILES string of the molecule is COCCn1ccnc1CN1CCCC[C@@H]1c1nccs1. The van der Waals surface area contributed by atoms with Crippen molar-refractivity contribution in [3.8, 4) is 0 Å². The van der Waals surface area contributed by atoms with Gasteiger partial charge >= 0.3 is 0 Å². The number of rotatable bonds is 6. The number of hydrogen-bond donors (Lipinski definition) is 0. The van der Waals surface area contributed by atoms with Crippen LogP contribution in [0.15, 0.2) is 24.0 Å². The lowest BCUT2D eigenvalue weighted by molar-refractivity contribution is 0.132. The van der Waals surface area contributed by atoms with Gasteiger partial charge in [-0.2, -0.15) is 0 Å². The molecule has 0 aromatic carbocycles. The van der Waals surface area contributed by atoms with Gasteiger partial charge in [-0.25, -0.2) is 9.97 Å². The lowest BCUT2D eigenvalue weighted by atomic mass is 10.0. The highest BCUT2D eigenvalue weighted by molar-refractivity contribution is 7.09. The molecule has 21 heavy (non-hydrogen) atoms. The van der Waals surface area contributed by atoms with Gasteiger partial charge in [0.1, 0.15) is 10.8 Å². The second-order valence-corrected chi connectivity index (χ2v) is 6.31. The number of imidazole rings is 1. The lowest BCUT2D eigenvalue weighted by Gasteiger charge is -2.34. The van der Waals surface area contributed by atoms with Crippen molar-refractivity contribution in [1.29, 1.82) is 0 Å². The second kappa shape index (κ2) is 7.15. The summed E-state index contributed by atoms with van der Waals surface area (Å²) in [6.45, 7) is 3.60. The Kier molecular flexibility index (Phi) is 5.00. The molecule has 0 aliphatic carbocycles. The van der Waals surface area contributed by atoms with Crippen molar-refractivity contribution in [2.45, 2.75) is 38.4 Å². The second-order valence-electron chi connectivity index (χ2n) is 5.38. The number of methoxy groups -OCH3 is 1. The van der Waals surface area contributed by atoms with Crippen LogP contribution in [0.2, 0.25) is 0 Å². The van der Waals surface area contributed by atoms with Crippen molar-refractivity contribution in [1.82, 2.24) is 19.4 Å². The van der Waals surface area contributed by atoms with Crippen LogP contribution in [0.25, 0.3) is 0 Å². The molecule has 1 saturated heterocycles. The predicted molar refractivity (Wildman–Crippen MR) is 83.2 cm³/mol. The molecule has 1 aliphatic rings. The molecule has 3 heterocycles. The summed E-state index contributed by atoms with van der Waals surface area (Å²) in [6.07, 6.45) is 9.59. The number of piperidine rings is 1. The molecule has 6 heteroatoms. The van der Waals surface area contributed by atoms with E-state index in [4.69, 9.17) is 4.74 Å². The monoisotopic (exact) mass is 306 g/mol. The normalized spacial score (nSPS) is 20.0. The fraction of sp³-hybridized carbons (Fsp3) is 0.600. The zero-order valence-corrected chi connectivity index (χ0v) is 13.3. The molecular formula is C15H22N4OS. The molecule has 1 aliphatic heterocycles. The van der Waals surface area contributed by atoms with Gasteiger partial charge in [-0.15, -0.1) is 11.3 Å². The van der Waals surface area contributed by atoms with E-state index in [-0.39, 0.29) is 0 Å². The van der Waals surface area contributed by atoms with Gasteiger partial charge in [-0.3, -0.25) is 4.90 Å². The maximum atomic E-state index is 5.17. The van der Waals surface area contributed by atoms with Crippen LogP contribution in [0.4, 0.5) is 0 Å². The van der Waals surface area contributed by atoms with Gasteiger partial charge in [-0.05, 0) is 19.4 Å². The smallest absolute Gasteiger partial charge is 0.122 e. The van der Waals surface area contributed by atoms with E-state index in [0.717, 1.165) is 32.1 Å². The molecule has 114 valence electrons. The van der Waals surface area contributed by atoms with Crippen molar-refractivity contribution >= 4 is 11.3 Å². The standard InChI is InChI=1S/C15H22N4OS/c1-20-10-9-18-8-5-16-14(18)12-19-7-3-2-4-13(19)15-17-6-11-21-15/h5-6,8,11,13H,2-4,7,9-10,12H2,1H3/t13-/m1/s1. The van der Waals surface area contributed by atoms with Crippen molar-refractivity contribution in [2.75, 3.05) is 20.3 Å². The number of likely N-dealkylation sites (tertiary alicyclic amines) is 1. The van der Waals surface area contributed by atoms with Crippen LogP contribution in [0.3, 0.4) is 0 Å². The van der Waals surface area contributed by atoms with Crippen molar-refractivity contribution in [3.63, 3.8) is 0 Å². The van der Waals surface area contributed by atoms with Crippen LogP contribution in [-0.4, -0.2) is 39.7 Å². The first-order valence-corrected chi connectivity index (χ1v) is 8.39. The Hall–Kier alpha value is -1.24. The molecule has 0 radical (unpaired) electrons. The average Bonchev–Trinajstić information content (AvgIpc) is 3.17. The predicted octanol–water partition coefficient (Wildman–Crippen LogP) is 2.71. The molecule has 2 aromatic rings. The van der Waals surface area contributed by atoms with Crippen LogP contribution >= 0.6 is 11.3 Å². The molecule has 0 N–H and O–H groups in total. The van der Waals surface area contributed by atoms with Crippen LogP contribution in [0.1, 0.15) is 36.1 Å². The Labute approximate surface area is 129 Å². The molecule has 5 nitrogen and oxygen atoms in total. The van der Waals surface area contributed by atoms with E-state index < -0.39 is 0 Å². The molecule has 0 bridgehead atoms. The Balaban J connectivity index is 1.71. The fourth-order valence-electron chi connectivity index (χ4n) is 2.93. The highest BCUT2D eigenvalue weighted by atomic mass is 32.1. The third kappa shape index (κ3) is 3.51. The minimum atomic E-state index is 0.450. The zero-order chi connectivity index (χ0) is 14.5. The summed E-state index contributed by atoms with van der Waals surface area (Å²) in [5, 5.41) is 3.31. The van der Waals surface area contributed by atoms with E-state index >= 15 is 0 Å². The first-order valence-electron chi connectivity index (χ1n) is 7.51. The van der Waals surface area contributed by atoms with Crippen molar-refractivity contribution in [2.24, 2.45) is 0 Å². The topological polar surface area (TPSA) is 43.2 Å². The van der Waals surface area contributed by atoms with E-state index in [1.807, 2.05) is 18.6 Å². The van der Waals surface area contributed by atoms with Crippen LogP contribution in [0.5, 0.6) is 0 Å². The molecule has 0 spiro atoms. The van der Waals surface area contributed by atoms with Crippen LogP contribution < -0.4 is 0 Å². The van der Waals surface area contributed by atoms with Crippen molar-refractivity contribution in [3.05, 3.63) is 34.8 Å². The van der Waals surface area contributed by atoms with Crippen molar-refractivity contribution < 1.29 is 4.74 Å². The maximum absolute atomic E-state index is 5.17. The molecule has 3 rings (SSSR count). The Bertz CT molecular complexity index is 540. The summed E-state index contributed by atoms with van der Waals surface area (Å²) in [6, 6.07) is 0.450. The van der Waals surface area contributed by atoms with Gasteiger partial charge in [0.15, 0.2) is 0 Å². The molecule has 0 unspecified atom stereocenters. The van der Waals surface area contributed by atoms with E-state index in [2.05, 4.69) is 24.8 Å². The van der Waals surface area contributed by atoms with Gasteiger partial charge in [-0.1, -0.05) is 6.42 Å². The lowest BCUT2D eigenvalue weighted by Crippen LogP contribution is -2.34. The Morgan fingerprint density at radius 2 is 2.29 bits per heavy atom. The van der Waals surface area contributed by atoms with E-state index in [1.54, 1.807) is 18.4 Å². The third-order valence-electron chi connectivity index (χ3n) is 4.03. The molecule has 0 amide bonds. The highest BCUT2D eigenvalue weighted by Gasteiger charge is 2.26. The summed E-state index contributed by atoms with van der Waals surface area (Å²) in [5.74, 6) is 1.12. The van der Waals surface area contributed by atoms with Gasteiger partial charge in [0.2, 0.25) is 0 Å². The number of ether oxygens (including phenoxy) is 1. The average molecular weight is 306 g/mol. The summed E-state index contributed by atoms with van der Waals surface area (Å²) in [4.78, 5) is 11.6. The number of aromatic nitrogens is 3. The minimum absolute atomic E-state index is 0.450. The molecule has 2 aromatic heterocycles. The molecular weight excluding hydrogens is 284 g/mol. The number of thiazole rings is 1. The first-order chi connectivity index (χ1) is 10.4. The number of hydrogen-bond acceptors (Lipinski definition) is 5. The van der Waals surface area contributed by atoms with E-state index in [0.29, 0.717) is 6.04 Å². The van der Waals surface area contributed by atoms with Gasteiger partial charge < -0.3 is 9.30 Å². The van der Waals surface area contributed by atoms with E-state index in [9.17, 15) is 0 Å². The minimum Gasteiger partial charge on any atom is -0.383 e. The molecule has 1 fully saturated rings. The van der Waals surface area contributed by atoms with Gasteiger partial charge in [0.05, 0.1) is 19.2 Å².